The first-order valence-electron chi connectivity index (χ1n) is 5.22. The molecule has 0 aromatic carbocycles. The van der Waals surface area contributed by atoms with Crippen molar-refractivity contribution >= 4 is 11.3 Å². The van der Waals surface area contributed by atoms with Gasteiger partial charge >= 0.3 is 12.1 Å². The van der Waals surface area contributed by atoms with Gasteiger partial charge in [0.25, 0.3) is 0 Å². The average molecular weight is 289 g/mol. The van der Waals surface area contributed by atoms with Gasteiger partial charge in [-0.05, 0) is 19.9 Å². The number of hydrogen-bond acceptors (Lipinski definition) is 4. The maximum Gasteiger partial charge on any atom is 0.460 e. The van der Waals surface area contributed by atoms with Crippen molar-refractivity contribution in [1.82, 2.24) is 15.5 Å². The number of nitrogens with one attached hydrogen (secondary N) is 1. The molecule has 1 rings (SSSR count). The maximum absolute atomic E-state index is 13.0. The van der Waals surface area contributed by atoms with Crippen molar-refractivity contribution in [2.75, 3.05) is 6.54 Å². The maximum atomic E-state index is 13.0. The number of alkyl halides is 5. The van der Waals surface area contributed by atoms with Crippen molar-refractivity contribution in [1.29, 1.82) is 0 Å². The molecule has 1 aromatic heterocycles. The summed E-state index contributed by atoms with van der Waals surface area (Å²) >= 11 is 0.271. The highest BCUT2D eigenvalue weighted by Crippen LogP contribution is 2.45. The molecule has 0 saturated heterocycles. The number of halogens is 5. The fourth-order valence-electron chi connectivity index (χ4n) is 1.11. The molecule has 0 fully saturated rings. The Balaban J connectivity index is 2.86. The zero-order chi connectivity index (χ0) is 14.0. The lowest BCUT2D eigenvalue weighted by atomic mass is 10.3. The van der Waals surface area contributed by atoms with Crippen LogP contribution in [0.15, 0.2) is 0 Å². The van der Waals surface area contributed by atoms with E-state index in [2.05, 4.69) is 15.5 Å². The first kappa shape index (κ1) is 15.2. The molecule has 18 heavy (non-hydrogen) atoms. The highest BCUT2D eigenvalue weighted by Gasteiger charge is 2.61. The van der Waals surface area contributed by atoms with Crippen LogP contribution in [-0.2, 0) is 5.92 Å². The van der Waals surface area contributed by atoms with Crippen LogP contribution in [0.5, 0.6) is 0 Å². The fraction of sp³-hybridized carbons (Fsp3) is 0.778. The van der Waals surface area contributed by atoms with Gasteiger partial charge < -0.3 is 5.32 Å². The second kappa shape index (κ2) is 5.43. The van der Waals surface area contributed by atoms with Crippen molar-refractivity contribution in [3.63, 3.8) is 0 Å². The van der Waals surface area contributed by atoms with Gasteiger partial charge in [-0.1, -0.05) is 18.3 Å². The van der Waals surface area contributed by atoms with Gasteiger partial charge in [-0.15, -0.1) is 10.2 Å². The summed E-state index contributed by atoms with van der Waals surface area (Å²) in [6.07, 6.45) is -4.83. The Morgan fingerprint density at radius 1 is 1.22 bits per heavy atom. The Kier molecular flexibility index (Phi) is 4.60. The van der Waals surface area contributed by atoms with Crippen molar-refractivity contribution in [2.24, 2.45) is 0 Å². The number of rotatable bonds is 5. The molecule has 0 spiro atoms. The van der Waals surface area contributed by atoms with E-state index in [1.807, 2.05) is 6.92 Å². The fourth-order valence-corrected chi connectivity index (χ4v) is 1.97. The van der Waals surface area contributed by atoms with E-state index >= 15 is 0 Å². The third kappa shape index (κ3) is 3.14. The highest BCUT2D eigenvalue weighted by molar-refractivity contribution is 7.11. The molecule has 1 heterocycles. The minimum atomic E-state index is -5.65. The zero-order valence-corrected chi connectivity index (χ0v) is 10.5. The minimum absolute atomic E-state index is 0.113. The van der Waals surface area contributed by atoms with E-state index in [-0.39, 0.29) is 16.3 Å². The molecule has 0 radical (unpaired) electrons. The summed E-state index contributed by atoms with van der Waals surface area (Å²) in [6, 6.07) is -0.403. The number of nitrogens with zero attached hydrogens (tertiary/aromatic N) is 2. The Bertz CT molecular complexity index is 390. The van der Waals surface area contributed by atoms with Gasteiger partial charge in [-0.25, -0.2) is 0 Å². The normalized spacial score (nSPS) is 14.8. The van der Waals surface area contributed by atoms with E-state index in [1.165, 1.54) is 0 Å². The molecule has 1 unspecified atom stereocenters. The van der Waals surface area contributed by atoms with Gasteiger partial charge in [0.05, 0.1) is 6.04 Å². The molecular formula is C9H12F5N3S. The third-order valence-electron chi connectivity index (χ3n) is 2.14. The summed E-state index contributed by atoms with van der Waals surface area (Å²) in [6.45, 7) is 4.15. The highest BCUT2D eigenvalue weighted by atomic mass is 32.1. The minimum Gasteiger partial charge on any atom is -0.308 e. The molecule has 0 aliphatic carbocycles. The van der Waals surface area contributed by atoms with Crippen LogP contribution in [0.4, 0.5) is 22.0 Å². The van der Waals surface area contributed by atoms with Gasteiger partial charge in [0.15, 0.2) is 5.01 Å². The van der Waals surface area contributed by atoms with E-state index < -0.39 is 23.1 Å². The first-order valence-corrected chi connectivity index (χ1v) is 6.03. The Hall–Kier alpha value is -0.830. The summed E-state index contributed by atoms with van der Waals surface area (Å²) in [7, 11) is 0. The van der Waals surface area contributed by atoms with Crippen LogP contribution in [-0.4, -0.2) is 22.9 Å². The molecule has 0 aliphatic heterocycles. The molecular weight excluding hydrogens is 277 g/mol. The van der Waals surface area contributed by atoms with E-state index in [1.54, 1.807) is 6.92 Å². The second-order valence-electron chi connectivity index (χ2n) is 3.69. The van der Waals surface area contributed by atoms with Crippen LogP contribution in [0.2, 0.25) is 0 Å². The van der Waals surface area contributed by atoms with Crippen LogP contribution in [0, 0.1) is 0 Å². The van der Waals surface area contributed by atoms with Gasteiger partial charge in [0, 0.05) is 0 Å². The van der Waals surface area contributed by atoms with Gasteiger partial charge in [0.1, 0.15) is 5.01 Å². The standard InChI is InChI=1S/C9H12F5N3S/c1-3-4-15-5(2)6-16-17-7(18-6)8(10,11)9(12,13)14/h5,15H,3-4H2,1-2H3. The molecule has 104 valence electrons. The van der Waals surface area contributed by atoms with Crippen LogP contribution >= 0.6 is 11.3 Å². The molecule has 0 bridgehead atoms. The lowest BCUT2D eigenvalue weighted by molar-refractivity contribution is -0.289. The molecule has 9 heteroatoms. The molecule has 0 amide bonds. The molecule has 1 N–H and O–H groups in total. The summed E-state index contributed by atoms with van der Waals surface area (Å²) in [5, 5.41) is 8.04. The molecule has 1 aromatic rings. The predicted octanol–water partition coefficient (Wildman–Crippen LogP) is 3.25. The summed E-state index contributed by atoms with van der Waals surface area (Å²) in [5.74, 6) is -4.95. The van der Waals surface area contributed by atoms with Gasteiger partial charge in [-0.2, -0.15) is 22.0 Å². The van der Waals surface area contributed by atoms with Crippen LogP contribution in [0.3, 0.4) is 0 Å². The van der Waals surface area contributed by atoms with Gasteiger partial charge in [0.2, 0.25) is 0 Å². The topological polar surface area (TPSA) is 37.8 Å². The monoisotopic (exact) mass is 289 g/mol. The Labute approximate surface area is 104 Å². The average Bonchev–Trinajstić information content (AvgIpc) is 2.73. The molecule has 1 atom stereocenters. The van der Waals surface area contributed by atoms with Crippen LogP contribution < -0.4 is 5.32 Å². The largest absolute Gasteiger partial charge is 0.460 e. The van der Waals surface area contributed by atoms with Crippen LogP contribution in [0.25, 0.3) is 0 Å². The SMILES string of the molecule is CCCNC(C)c1nnc(C(F)(F)C(F)(F)F)s1. The summed E-state index contributed by atoms with van der Waals surface area (Å²) < 4.78 is 62.2. The van der Waals surface area contributed by atoms with Crippen molar-refractivity contribution in [2.45, 2.75) is 38.4 Å². The summed E-state index contributed by atoms with van der Waals surface area (Å²) in [5.41, 5.74) is 0. The molecule has 0 aliphatic rings. The number of aromatic nitrogens is 2. The Morgan fingerprint density at radius 2 is 1.83 bits per heavy atom. The second-order valence-corrected chi connectivity index (χ2v) is 4.70. The quantitative estimate of drug-likeness (QED) is 0.846. The molecule has 0 saturated carbocycles. The summed E-state index contributed by atoms with van der Waals surface area (Å²) in [4.78, 5) is 0. The smallest absolute Gasteiger partial charge is 0.308 e. The first-order chi connectivity index (χ1) is 8.20. The van der Waals surface area contributed by atoms with Crippen molar-refractivity contribution < 1.29 is 22.0 Å². The lowest BCUT2D eigenvalue weighted by Gasteiger charge is -2.16. The third-order valence-corrected chi connectivity index (χ3v) is 3.31. The Morgan fingerprint density at radius 3 is 2.33 bits per heavy atom. The van der Waals surface area contributed by atoms with Crippen molar-refractivity contribution in [3.05, 3.63) is 10.0 Å². The van der Waals surface area contributed by atoms with Crippen molar-refractivity contribution in [3.8, 4) is 0 Å². The predicted molar refractivity (Wildman–Crippen MR) is 56.6 cm³/mol. The number of hydrogen-bond donors (Lipinski definition) is 1. The van der Waals surface area contributed by atoms with E-state index in [0.29, 0.717) is 6.54 Å². The van der Waals surface area contributed by atoms with E-state index in [0.717, 1.165) is 6.42 Å². The van der Waals surface area contributed by atoms with E-state index in [4.69, 9.17) is 0 Å². The zero-order valence-electron chi connectivity index (χ0n) is 9.68. The molecule has 3 nitrogen and oxygen atoms in total. The lowest BCUT2D eigenvalue weighted by Crippen LogP contribution is -2.33. The van der Waals surface area contributed by atoms with Gasteiger partial charge in [-0.3, -0.25) is 0 Å². The van der Waals surface area contributed by atoms with Crippen LogP contribution in [0.1, 0.15) is 36.3 Å². The van der Waals surface area contributed by atoms with E-state index in [9.17, 15) is 22.0 Å².